The van der Waals surface area contributed by atoms with Gasteiger partial charge in [0.05, 0.1) is 11.0 Å². The van der Waals surface area contributed by atoms with Gasteiger partial charge in [-0.2, -0.15) is 0 Å². The normalized spacial score (nSPS) is 12.0. The van der Waals surface area contributed by atoms with E-state index in [-0.39, 0.29) is 0 Å². The van der Waals surface area contributed by atoms with Gasteiger partial charge in [-0.3, -0.25) is 0 Å². The fraction of sp³-hybridized carbons (Fsp3) is 0. The number of para-hydroxylation sites is 2. The van der Waals surface area contributed by atoms with E-state index in [4.69, 9.17) is 0 Å². The quantitative estimate of drug-likeness (QED) is 0.0993. The van der Waals surface area contributed by atoms with Gasteiger partial charge in [0.15, 0.2) is 8.07 Å². The molecular formula is C48H33NSi. The van der Waals surface area contributed by atoms with Crippen LogP contribution >= 0.6 is 0 Å². The van der Waals surface area contributed by atoms with Gasteiger partial charge in [-0.05, 0) is 77.3 Å². The molecule has 234 valence electrons. The Labute approximate surface area is 292 Å². The first-order chi connectivity index (χ1) is 24.8. The summed E-state index contributed by atoms with van der Waals surface area (Å²) in [4.78, 5) is 0. The fourth-order valence-electron chi connectivity index (χ4n) is 8.60. The number of hydrogen-bond donors (Lipinski definition) is 0. The number of fused-ring (bicyclic) bond motifs is 9. The van der Waals surface area contributed by atoms with Gasteiger partial charge in [-0.25, -0.2) is 0 Å². The Morgan fingerprint density at radius 2 is 0.660 bits per heavy atom. The van der Waals surface area contributed by atoms with E-state index in [1.807, 2.05) is 0 Å². The van der Waals surface area contributed by atoms with Crippen LogP contribution in [0.5, 0.6) is 0 Å². The molecule has 0 saturated heterocycles. The summed E-state index contributed by atoms with van der Waals surface area (Å²) in [5, 5.41) is 15.8. The van der Waals surface area contributed by atoms with Crippen molar-refractivity contribution in [2.45, 2.75) is 0 Å². The van der Waals surface area contributed by atoms with Gasteiger partial charge < -0.3 is 4.57 Å². The largest absolute Gasteiger partial charge is 0.309 e. The topological polar surface area (TPSA) is 4.93 Å². The van der Waals surface area contributed by atoms with Crippen LogP contribution in [0.4, 0.5) is 0 Å². The van der Waals surface area contributed by atoms with E-state index in [9.17, 15) is 0 Å². The second-order valence-corrected chi connectivity index (χ2v) is 17.1. The lowest BCUT2D eigenvalue weighted by Crippen LogP contribution is -2.74. The Hall–Kier alpha value is -6.22. The van der Waals surface area contributed by atoms with Gasteiger partial charge in [0.1, 0.15) is 0 Å². The summed E-state index contributed by atoms with van der Waals surface area (Å²) < 4.78 is 2.45. The first kappa shape index (κ1) is 28.8. The Balaban J connectivity index is 1.33. The van der Waals surface area contributed by atoms with E-state index < -0.39 is 8.07 Å². The lowest BCUT2D eigenvalue weighted by Gasteiger charge is -2.35. The summed E-state index contributed by atoms with van der Waals surface area (Å²) in [6.45, 7) is 0. The molecule has 0 atom stereocenters. The molecule has 10 rings (SSSR count). The minimum Gasteiger partial charge on any atom is -0.309 e. The molecule has 1 nitrogen and oxygen atoms in total. The number of benzene rings is 9. The Kier molecular flexibility index (Phi) is 6.58. The highest BCUT2D eigenvalue weighted by molar-refractivity contribution is 7.20. The predicted octanol–water partition coefficient (Wildman–Crippen LogP) is 9.62. The monoisotopic (exact) mass is 651 g/mol. The average Bonchev–Trinajstić information content (AvgIpc) is 3.54. The molecule has 0 spiro atoms. The first-order valence-electron chi connectivity index (χ1n) is 17.4. The molecule has 50 heavy (non-hydrogen) atoms. The van der Waals surface area contributed by atoms with Gasteiger partial charge in [0, 0.05) is 16.5 Å². The lowest BCUT2D eigenvalue weighted by atomic mass is 9.94. The molecule has 0 fully saturated rings. The first-order valence-corrected chi connectivity index (χ1v) is 19.4. The van der Waals surface area contributed by atoms with Crippen molar-refractivity contribution in [1.82, 2.24) is 4.57 Å². The Morgan fingerprint density at radius 1 is 0.260 bits per heavy atom. The fourth-order valence-corrected chi connectivity index (χ4v) is 13.4. The Morgan fingerprint density at radius 3 is 1.20 bits per heavy atom. The molecular weight excluding hydrogens is 619 g/mol. The third-order valence-electron chi connectivity index (χ3n) is 10.7. The van der Waals surface area contributed by atoms with Crippen molar-refractivity contribution >= 4 is 82.9 Å². The molecule has 0 aliphatic heterocycles. The molecule has 0 amide bonds. The van der Waals surface area contributed by atoms with Crippen LogP contribution in [-0.4, -0.2) is 12.6 Å². The highest BCUT2D eigenvalue weighted by Crippen LogP contribution is 2.35. The molecule has 1 heterocycles. The number of nitrogens with zero attached hydrogens (tertiary/aromatic N) is 1. The van der Waals surface area contributed by atoms with Crippen molar-refractivity contribution < 1.29 is 0 Å². The van der Waals surface area contributed by atoms with Crippen molar-refractivity contribution in [3.8, 4) is 5.69 Å². The van der Waals surface area contributed by atoms with E-state index in [1.165, 1.54) is 80.6 Å². The molecule has 2 heteroatoms. The number of hydrogen-bond acceptors (Lipinski definition) is 0. The highest BCUT2D eigenvalue weighted by atomic mass is 28.3. The van der Waals surface area contributed by atoms with Gasteiger partial charge in [-0.1, -0.05) is 176 Å². The summed E-state index contributed by atoms with van der Waals surface area (Å²) in [7, 11) is -2.86. The van der Waals surface area contributed by atoms with Crippen LogP contribution in [0.15, 0.2) is 200 Å². The zero-order valence-electron chi connectivity index (χ0n) is 27.5. The van der Waals surface area contributed by atoms with Gasteiger partial charge in [-0.15, -0.1) is 0 Å². The van der Waals surface area contributed by atoms with Crippen LogP contribution in [0.3, 0.4) is 0 Å². The molecule has 0 aliphatic rings. The number of rotatable bonds is 5. The van der Waals surface area contributed by atoms with E-state index in [0.717, 1.165) is 0 Å². The van der Waals surface area contributed by atoms with Gasteiger partial charge in [0.25, 0.3) is 0 Å². The summed E-state index contributed by atoms with van der Waals surface area (Å²) in [6.07, 6.45) is 0. The molecule has 10 aromatic rings. The van der Waals surface area contributed by atoms with E-state index >= 15 is 0 Å². The predicted molar refractivity (Wildman–Crippen MR) is 217 cm³/mol. The minimum absolute atomic E-state index is 1.18. The van der Waals surface area contributed by atoms with Crippen LogP contribution in [0, 0.1) is 0 Å². The smallest absolute Gasteiger partial charge is 0.179 e. The summed E-state index contributed by atoms with van der Waals surface area (Å²) in [5.74, 6) is 0. The maximum atomic E-state index is 2.53. The summed E-state index contributed by atoms with van der Waals surface area (Å²) in [6, 6.07) is 74.7. The molecule has 0 N–H and O–H groups in total. The summed E-state index contributed by atoms with van der Waals surface area (Å²) in [5.41, 5.74) is 3.63. The third-order valence-corrected chi connectivity index (χ3v) is 15.5. The van der Waals surface area contributed by atoms with Gasteiger partial charge in [0.2, 0.25) is 0 Å². The molecule has 0 bridgehead atoms. The molecule has 0 aliphatic carbocycles. The average molecular weight is 652 g/mol. The molecule has 0 unspecified atom stereocenters. The maximum Gasteiger partial charge on any atom is 0.179 e. The van der Waals surface area contributed by atoms with Crippen molar-refractivity contribution in [1.29, 1.82) is 0 Å². The minimum atomic E-state index is -2.86. The molecule has 0 saturated carbocycles. The SMILES string of the molecule is c1ccc([Si](c2ccccc2)(c2cccc(-n3c4ccccc4c4ccccc43)c2)c2ccc3c4ccccc4c4ccccc4c3c2)cc1. The maximum absolute atomic E-state index is 2.86. The van der Waals surface area contributed by atoms with Crippen molar-refractivity contribution in [2.24, 2.45) is 0 Å². The van der Waals surface area contributed by atoms with Crippen molar-refractivity contribution in [3.63, 3.8) is 0 Å². The van der Waals surface area contributed by atoms with Crippen LogP contribution in [-0.2, 0) is 0 Å². The highest BCUT2D eigenvalue weighted by Gasteiger charge is 2.42. The van der Waals surface area contributed by atoms with Crippen molar-refractivity contribution in [3.05, 3.63) is 200 Å². The zero-order valence-corrected chi connectivity index (χ0v) is 28.5. The van der Waals surface area contributed by atoms with Crippen LogP contribution < -0.4 is 20.7 Å². The van der Waals surface area contributed by atoms with Crippen LogP contribution in [0.1, 0.15) is 0 Å². The zero-order chi connectivity index (χ0) is 33.1. The number of aromatic nitrogens is 1. The van der Waals surface area contributed by atoms with E-state index in [2.05, 4.69) is 205 Å². The summed E-state index contributed by atoms with van der Waals surface area (Å²) >= 11 is 0. The van der Waals surface area contributed by atoms with E-state index in [1.54, 1.807) is 0 Å². The van der Waals surface area contributed by atoms with Crippen LogP contribution in [0.2, 0.25) is 0 Å². The van der Waals surface area contributed by atoms with Crippen LogP contribution in [0.25, 0.3) is 59.8 Å². The second-order valence-electron chi connectivity index (χ2n) is 13.3. The lowest BCUT2D eigenvalue weighted by molar-refractivity contribution is 1.18. The third kappa shape index (κ3) is 4.19. The van der Waals surface area contributed by atoms with Gasteiger partial charge >= 0.3 is 0 Å². The molecule has 1 aromatic heterocycles. The second kappa shape index (κ2) is 11.4. The Bertz CT molecular complexity index is 2740. The molecule has 0 radical (unpaired) electrons. The standard InChI is InChI=1S/C48H33NSi/c1-3-17-35(18-4-1)50(36-19-5-2-6-20-36,38-30-31-43-41-24-8-7-22-39(41)40-23-9-10-25-42(40)46(43)33-38)37-21-15-16-34(32-37)49-47-28-13-11-26-44(47)45-27-12-14-29-48(45)49/h1-33H. The van der Waals surface area contributed by atoms with Crippen molar-refractivity contribution in [2.75, 3.05) is 0 Å². The van der Waals surface area contributed by atoms with E-state index in [0.29, 0.717) is 0 Å². The molecule has 9 aromatic carbocycles.